The fourth-order valence-corrected chi connectivity index (χ4v) is 4.98. The number of piperidine rings is 1. The van der Waals surface area contributed by atoms with Gasteiger partial charge in [-0.2, -0.15) is 4.31 Å². The lowest BCUT2D eigenvalue weighted by Gasteiger charge is -2.31. The first kappa shape index (κ1) is 23.7. The van der Waals surface area contributed by atoms with Gasteiger partial charge in [-0.25, -0.2) is 12.8 Å². The highest BCUT2D eigenvalue weighted by Gasteiger charge is 2.34. The Labute approximate surface area is 186 Å². The Bertz CT molecular complexity index is 1060. The number of nitrogens with one attached hydrogen (secondary N) is 2. The van der Waals surface area contributed by atoms with Crippen LogP contribution in [0.4, 0.5) is 10.1 Å². The van der Waals surface area contributed by atoms with Crippen molar-refractivity contribution < 1.29 is 27.1 Å². The van der Waals surface area contributed by atoms with E-state index in [2.05, 4.69) is 10.6 Å². The summed E-state index contributed by atoms with van der Waals surface area (Å²) in [5.41, 5.74) is 0.561. The number of rotatable bonds is 7. The molecule has 172 valence electrons. The van der Waals surface area contributed by atoms with Gasteiger partial charge in [-0.05, 0) is 68.3 Å². The number of hydrogen-bond acceptors (Lipinski definition) is 5. The zero-order chi connectivity index (χ0) is 23.3. The predicted octanol–water partition coefficient (Wildman–Crippen LogP) is 2.38. The van der Waals surface area contributed by atoms with Gasteiger partial charge in [0.15, 0.2) is 0 Å². The van der Waals surface area contributed by atoms with Crippen molar-refractivity contribution in [3.8, 4) is 5.75 Å². The molecule has 2 atom stereocenters. The van der Waals surface area contributed by atoms with Gasteiger partial charge in [0.05, 0.1) is 17.9 Å². The molecule has 2 aromatic rings. The van der Waals surface area contributed by atoms with Gasteiger partial charge in [0, 0.05) is 18.8 Å². The second kappa shape index (κ2) is 10.1. The lowest BCUT2D eigenvalue weighted by atomic mass is 9.98. The van der Waals surface area contributed by atoms with Gasteiger partial charge in [-0.15, -0.1) is 0 Å². The molecule has 2 amide bonds. The number of nitrogens with zero attached hydrogens (tertiary/aromatic N) is 1. The molecular weight excluding hydrogens is 437 g/mol. The smallest absolute Gasteiger partial charge is 0.246 e. The summed E-state index contributed by atoms with van der Waals surface area (Å²) >= 11 is 0. The number of benzene rings is 2. The van der Waals surface area contributed by atoms with Crippen LogP contribution >= 0.6 is 0 Å². The van der Waals surface area contributed by atoms with E-state index < -0.39 is 33.7 Å². The molecule has 0 bridgehead atoms. The minimum atomic E-state index is -3.84. The molecule has 1 aliphatic rings. The minimum Gasteiger partial charge on any atom is -0.497 e. The maximum absolute atomic E-state index is 13.1. The van der Waals surface area contributed by atoms with Gasteiger partial charge in [-0.3, -0.25) is 9.59 Å². The van der Waals surface area contributed by atoms with Crippen LogP contribution in [-0.2, 0) is 19.6 Å². The Balaban J connectivity index is 1.59. The molecule has 3 rings (SSSR count). The first-order chi connectivity index (χ1) is 15.2. The van der Waals surface area contributed by atoms with Crippen LogP contribution in [0, 0.1) is 11.7 Å². The zero-order valence-electron chi connectivity index (χ0n) is 17.9. The van der Waals surface area contributed by atoms with Crippen molar-refractivity contribution in [2.24, 2.45) is 5.92 Å². The molecule has 0 aromatic heterocycles. The second-order valence-electron chi connectivity index (χ2n) is 7.60. The Morgan fingerprint density at radius 2 is 1.78 bits per heavy atom. The Hall–Kier alpha value is -2.98. The second-order valence-corrected chi connectivity index (χ2v) is 9.54. The van der Waals surface area contributed by atoms with Crippen LogP contribution in [0.3, 0.4) is 0 Å². The number of amides is 2. The topological polar surface area (TPSA) is 105 Å². The molecule has 10 heteroatoms. The van der Waals surface area contributed by atoms with Gasteiger partial charge in [0.2, 0.25) is 21.8 Å². The van der Waals surface area contributed by atoms with E-state index in [0.29, 0.717) is 24.3 Å². The van der Waals surface area contributed by atoms with Gasteiger partial charge in [0.25, 0.3) is 0 Å². The molecule has 8 nitrogen and oxygen atoms in total. The van der Waals surface area contributed by atoms with Crippen LogP contribution in [0.1, 0.15) is 19.8 Å². The molecule has 0 radical (unpaired) electrons. The van der Waals surface area contributed by atoms with Gasteiger partial charge < -0.3 is 15.4 Å². The molecule has 32 heavy (non-hydrogen) atoms. The number of methoxy groups -OCH3 is 1. The van der Waals surface area contributed by atoms with E-state index in [1.165, 1.54) is 16.4 Å². The van der Waals surface area contributed by atoms with E-state index in [4.69, 9.17) is 4.74 Å². The van der Waals surface area contributed by atoms with Crippen LogP contribution in [0.15, 0.2) is 53.4 Å². The number of hydrogen-bond donors (Lipinski definition) is 2. The molecule has 1 heterocycles. The summed E-state index contributed by atoms with van der Waals surface area (Å²) < 4.78 is 45.1. The van der Waals surface area contributed by atoms with E-state index >= 15 is 0 Å². The summed E-state index contributed by atoms with van der Waals surface area (Å²) in [6, 6.07) is 10.6. The predicted molar refractivity (Wildman–Crippen MR) is 117 cm³/mol. The zero-order valence-corrected chi connectivity index (χ0v) is 18.7. The van der Waals surface area contributed by atoms with E-state index in [0.717, 1.165) is 12.1 Å². The molecule has 0 aliphatic carbocycles. The third kappa shape index (κ3) is 5.63. The lowest BCUT2D eigenvalue weighted by molar-refractivity contribution is -0.129. The molecule has 1 fully saturated rings. The van der Waals surface area contributed by atoms with Gasteiger partial charge in [-0.1, -0.05) is 0 Å². The van der Waals surface area contributed by atoms with Crippen molar-refractivity contribution in [2.75, 3.05) is 25.5 Å². The average molecular weight is 464 g/mol. The monoisotopic (exact) mass is 463 g/mol. The fraction of sp³-hybridized carbons (Fsp3) is 0.364. The normalized spacial score (nSPS) is 17.9. The van der Waals surface area contributed by atoms with Crippen molar-refractivity contribution in [1.82, 2.24) is 9.62 Å². The number of ether oxygens (including phenoxy) is 1. The van der Waals surface area contributed by atoms with E-state index in [9.17, 15) is 22.4 Å². The molecule has 1 aliphatic heterocycles. The highest BCUT2D eigenvalue weighted by atomic mass is 32.2. The maximum Gasteiger partial charge on any atom is 0.246 e. The Kier molecular flexibility index (Phi) is 7.47. The average Bonchev–Trinajstić information content (AvgIpc) is 2.79. The number of halogens is 1. The Morgan fingerprint density at radius 3 is 2.41 bits per heavy atom. The highest BCUT2D eigenvalue weighted by molar-refractivity contribution is 7.89. The standard InChI is InChI=1S/C22H26FN3O5S/c1-15(21(27)25-18-7-9-19(31-2)10-8-18)24-22(28)16-4-3-13-26(14-16)32(29,30)20-11-5-17(23)6-12-20/h5-12,15-16H,3-4,13-14H2,1-2H3,(H,24,28)(H,25,27)/t15-,16+/m0/s1. The van der Waals surface area contributed by atoms with Gasteiger partial charge in [0.1, 0.15) is 17.6 Å². The quantitative estimate of drug-likeness (QED) is 0.656. The molecule has 1 saturated heterocycles. The SMILES string of the molecule is COc1ccc(NC(=O)[C@H](C)NC(=O)[C@@H]2CCCN(S(=O)(=O)c3ccc(F)cc3)C2)cc1. The number of carbonyl (C=O) groups is 2. The minimum absolute atomic E-state index is 0.00162. The van der Waals surface area contributed by atoms with Crippen molar-refractivity contribution in [3.63, 3.8) is 0 Å². The Morgan fingerprint density at radius 1 is 1.12 bits per heavy atom. The van der Waals surface area contributed by atoms with Crippen LogP contribution in [0.5, 0.6) is 5.75 Å². The van der Waals surface area contributed by atoms with Crippen molar-refractivity contribution in [3.05, 3.63) is 54.3 Å². The summed E-state index contributed by atoms with van der Waals surface area (Å²) in [6.45, 7) is 1.84. The summed E-state index contributed by atoms with van der Waals surface area (Å²) in [4.78, 5) is 25.1. The summed E-state index contributed by atoms with van der Waals surface area (Å²) in [5.74, 6) is -1.24. The summed E-state index contributed by atoms with van der Waals surface area (Å²) in [7, 11) is -2.30. The fourth-order valence-electron chi connectivity index (χ4n) is 3.45. The molecule has 0 saturated carbocycles. The van der Waals surface area contributed by atoms with Crippen molar-refractivity contribution in [1.29, 1.82) is 0 Å². The summed E-state index contributed by atoms with van der Waals surface area (Å²) in [6.07, 6.45) is 1.01. The number of sulfonamides is 1. The van der Waals surface area contributed by atoms with Gasteiger partial charge >= 0.3 is 0 Å². The molecule has 0 spiro atoms. The molecule has 2 N–H and O–H groups in total. The largest absolute Gasteiger partial charge is 0.497 e. The van der Waals surface area contributed by atoms with Crippen LogP contribution in [0.25, 0.3) is 0 Å². The number of anilines is 1. The highest BCUT2D eigenvalue weighted by Crippen LogP contribution is 2.24. The first-order valence-corrected chi connectivity index (χ1v) is 11.7. The van der Waals surface area contributed by atoms with Crippen LogP contribution in [0.2, 0.25) is 0 Å². The van der Waals surface area contributed by atoms with Crippen molar-refractivity contribution in [2.45, 2.75) is 30.7 Å². The molecular formula is C22H26FN3O5S. The lowest BCUT2D eigenvalue weighted by Crippen LogP contribution is -2.49. The van der Waals surface area contributed by atoms with E-state index in [-0.39, 0.29) is 23.9 Å². The third-order valence-electron chi connectivity index (χ3n) is 5.32. The van der Waals surface area contributed by atoms with Crippen LogP contribution in [-0.4, -0.2) is 50.8 Å². The third-order valence-corrected chi connectivity index (χ3v) is 7.20. The van der Waals surface area contributed by atoms with E-state index in [1.54, 1.807) is 38.3 Å². The molecule has 0 unspecified atom stereocenters. The van der Waals surface area contributed by atoms with E-state index in [1.807, 2.05) is 0 Å². The number of carbonyl (C=O) groups excluding carboxylic acids is 2. The maximum atomic E-state index is 13.1. The first-order valence-electron chi connectivity index (χ1n) is 10.2. The molecule has 2 aromatic carbocycles. The van der Waals surface area contributed by atoms with Crippen molar-refractivity contribution >= 4 is 27.5 Å². The van der Waals surface area contributed by atoms with Crippen LogP contribution < -0.4 is 15.4 Å². The summed E-state index contributed by atoms with van der Waals surface area (Å²) in [5, 5.41) is 5.38.